The van der Waals surface area contributed by atoms with Crippen molar-refractivity contribution in [3.05, 3.63) is 0 Å². The minimum atomic E-state index is 0.430. The van der Waals surface area contributed by atoms with Crippen LogP contribution in [0.4, 0.5) is 0 Å². The molecular formula is C14H29N. The lowest BCUT2D eigenvalue weighted by Gasteiger charge is -2.36. The lowest BCUT2D eigenvalue weighted by Crippen LogP contribution is -2.40. The van der Waals surface area contributed by atoms with Crippen LogP contribution < -0.4 is 5.73 Å². The predicted octanol–water partition coefficient (Wildman–Crippen LogP) is 3.82. The Labute approximate surface area is 95.8 Å². The molecule has 1 aliphatic rings. The number of hydrogen-bond donors (Lipinski definition) is 1. The van der Waals surface area contributed by atoms with Crippen molar-refractivity contribution in [2.75, 3.05) is 0 Å². The standard InChI is InChI=1S/C14H29N/c1-5-12-7-6-8-13(9-12)14(15)11(4)10(2)3/h10-14H,5-9,15H2,1-4H3. The maximum Gasteiger partial charge on any atom is 0.00955 e. The van der Waals surface area contributed by atoms with Crippen LogP contribution in [0.2, 0.25) is 0 Å². The molecular weight excluding hydrogens is 182 g/mol. The molecule has 15 heavy (non-hydrogen) atoms. The SMILES string of the molecule is CCC1CCCC(C(N)C(C)C(C)C)C1. The molecule has 4 unspecified atom stereocenters. The van der Waals surface area contributed by atoms with Crippen molar-refractivity contribution in [1.82, 2.24) is 0 Å². The van der Waals surface area contributed by atoms with Crippen molar-refractivity contribution in [3.63, 3.8) is 0 Å². The summed E-state index contributed by atoms with van der Waals surface area (Å²) in [5.74, 6) is 3.14. The summed E-state index contributed by atoms with van der Waals surface area (Å²) in [4.78, 5) is 0. The van der Waals surface area contributed by atoms with E-state index in [4.69, 9.17) is 5.73 Å². The van der Waals surface area contributed by atoms with Gasteiger partial charge in [-0.05, 0) is 36.5 Å². The number of rotatable bonds is 4. The molecule has 1 fully saturated rings. The molecule has 0 aromatic carbocycles. The first-order valence-electron chi connectivity index (χ1n) is 6.81. The van der Waals surface area contributed by atoms with Gasteiger partial charge in [0.15, 0.2) is 0 Å². The molecule has 0 aliphatic heterocycles. The highest BCUT2D eigenvalue weighted by atomic mass is 14.7. The zero-order valence-electron chi connectivity index (χ0n) is 11.0. The van der Waals surface area contributed by atoms with E-state index in [0.29, 0.717) is 12.0 Å². The molecule has 1 heteroatoms. The molecule has 1 aliphatic carbocycles. The average molecular weight is 211 g/mol. The van der Waals surface area contributed by atoms with Crippen molar-refractivity contribution in [2.45, 2.75) is 65.8 Å². The molecule has 0 saturated heterocycles. The van der Waals surface area contributed by atoms with Gasteiger partial charge in [0.2, 0.25) is 0 Å². The monoisotopic (exact) mass is 211 g/mol. The summed E-state index contributed by atoms with van der Waals surface area (Å²) in [6.45, 7) is 9.24. The zero-order chi connectivity index (χ0) is 11.4. The topological polar surface area (TPSA) is 26.0 Å². The fourth-order valence-electron chi connectivity index (χ4n) is 2.93. The highest BCUT2D eigenvalue weighted by Crippen LogP contribution is 2.35. The third-order valence-corrected chi connectivity index (χ3v) is 4.60. The van der Waals surface area contributed by atoms with Crippen LogP contribution in [0, 0.1) is 23.7 Å². The molecule has 0 bridgehead atoms. The molecule has 0 spiro atoms. The molecule has 1 nitrogen and oxygen atoms in total. The third kappa shape index (κ3) is 3.48. The van der Waals surface area contributed by atoms with E-state index in [9.17, 15) is 0 Å². The zero-order valence-corrected chi connectivity index (χ0v) is 11.0. The first kappa shape index (κ1) is 13.0. The van der Waals surface area contributed by atoms with Crippen LogP contribution in [-0.2, 0) is 0 Å². The smallest absolute Gasteiger partial charge is 0.00955 e. The lowest BCUT2D eigenvalue weighted by atomic mass is 9.72. The number of hydrogen-bond acceptors (Lipinski definition) is 1. The summed E-state index contributed by atoms with van der Waals surface area (Å²) in [6, 6.07) is 0.430. The van der Waals surface area contributed by atoms with Crippen molar-refractivity contribution >= 4 is 0 Å². The second kappa shape index (κ2) is 5.89. The van der Waals surface area contributed by atoms with Crippen molar-refractivity contribution < 1.29 is 0 Å². The van der Waals surface area contributed by atoms with Crippen molar-refractivity contribution in [1.29, 1.82) is 0 Å². The largest absolute Gasteiger partial charge is 0.327 e. The predicted molar refractivity (Wildman–Crippen MR) is 67.7 cm³/mol. The first-order chi connectivity index (χ1) is 7.06. The Hall–Kier alpha value is -0.0400. The van der Waals surface area contributed by atoms with Crippen LogP contribution in [0.5, 0.6) is 0 Å². The van der Waals surface area contributed by atoms with Gasteiger partial charge in [0, 0.05) is 6.04 Å². The Bertz CT molecular complexity index is 176. The fourth-order valence-corrected chi connectivity index (χ4v) is 2.93. The lowest BCUT2D eigenvalue weighted by molar-refractivity contribution is 0.179. The molecule has 0 amide bonds. The molecule has 0 heterocycles. The van der Waals surface area contributed by atoms with Crippen LogP contribution in [0.25, 0.3) is 0 Å². The van der Waals surface area contributed by atoms with E-state index < -0.39 is 0 Å². The minimum Gasteiger partial charge on any atom is -0.327 e. The van der Waals surface area contributed by atoms with Gasteiger partial charge < -0.3 is 5.73 Å². The molecule has 0 radical (unpaired) electrons. The highest BCUT2D eigenvalue weighted by Gasteiger charge is 2.29. The van der Waals surface area contributed by atoms with Crippen LogP contribution in [0.15, 0.2) is 0 Å². The molecule has 1 rings (SSSR count). The Morgan fingerprint density at radius 3 is 2.40 bits per heavy atom. The van der Waals surface area contributed by atoms with E-state index in [1.807, 2.05) is 0 Å². The van der Waals surface area contributed by atoms with Crippen molar-refractivity contribution in [2.24, 2.45) is 29.4 Å². The van der Waals surface area contributed by atoms with E-state index in [2.05, 4.69) is 27.7 Å². The maximum absolute atomic E-state index is 6.41. The molecule has 0 aromatic heterocycles. The van der Waals surface area contributed by atoms with Gasteiger partial charge in [-0.2, -0.15) is 0 Å². The Balaban J connectivity index is 2.48. The summed E-state index contributed by atoms with van der Waals surface area (Å²) in [7, 11) is 0. The summed E-state index contributed by atoms with van der Waals surface area (Å²) in [5, 5.41) is 0. The second-order valence-corrected chi connectivity index (χ2v) is 5.88. The van der Waals surface area contributed by atoms with Gasteiger partial charge in [0.1, 0.15) is 0 Å². The Morgan fingerprint density at radius 2 is 1.87 bits per heavy atom. The molecule has 1 saturated carbocycles. The van der Waals surface area contributed by atoms with Gasteiger partial charge in [-0.15, -0.1) is 0 Å². The van der Waals surface area contributed by atoms with E-state index >= 15 is 0 Å². The normalized spacial score (nSPS) is 31.6. The highest BCUT2D eigenvalue weighted by molar-refractivity contribution is 4.84. The van der Waals surface area contributed by atoms with Gasteiger partial charge in [0.25, 0.3) is 0 Å². The van der Waals surface area contributed by atoms with E-state index in [1.165, 1.54) is 32.1 Å². The quantitative estimate of drug-likeness (QED) is 0.751. The first-order valence-corrected chi connectivity index (χ1v) is 6.81. The minimum absolute atomic E-state index is 0.430. The summed E-state index contributed by atoms with van der Waals surface area (Å²) in [6.07, 6.45) is 6.94. The van der Waals surface area contributed by atoms with E-state index in [0.717, 1.165) is 17.8 Å². The summed E-state index contributed by atoms with van der Waals surface area (Å²) < 4.78 is 0. The second-order valence-electron chi connectivity index (χ2n) is 5.88. The number of nitrogens with two attached hydrogens (primary N) is 1. The van der Waals surface area contributed by atoms with E-state index in [-0.39, 0.29) is 0 Å². The van der Waals surface area contributed by atoms with Gasteiger partial charge in [-0.3, -0.25) is 0 Å². The maximum atomic E-state index is 6.41. The average Bonchev–Trinajstić information content (AvgIpc) is 2.27. The third-order valence-electron chi connectivity index (χ3n) is 4.60. The molecule has 0 aromatic rings. The van der Waals surface area contributed by atoms with Gasteiger partial charge in [-0.1, -0.05) is 47.0 Å². The summed E-state index contributed by atoms with van der Waals surface area (Å²) in [5.41, 5.74) is 6.41. The molecule has 90 valence electrons. The Kier molecular flexibility index (Phi) is 5.11. The van der Waals surface area contributed by atoms with Crippen molar-refractivity contribution in [3.8, 4) is 0 Å². The molecule has 4 atom stereocenters. The van der Waals surface area contributed by atoms with Crippen LogP contribution >= 0.6 is 0 Å². The summed E-state index contributed by atoms with van der Waals surface area (Å²) >= 11 is 0. The van der Waals surface area contributed by atoms with E-state index in [1.54, 1.807) is 0 Å². The molecule has 2 N–H and O–H groups in total. The van der Waals surface area contributed by atoms with Crippen LogP contribution in [0.1, 0.15) is 59.8 Å². The van der Waals surface area contributed by atoms with Gasteiger partial charge in [0.05, 0.1) is 0 Å². The van der Waals surface area contributed by atoms with Gasteiger partial charge in [-0.25, -0.2) is 0 Å². The van der Waals surface area contributed by atoms with Gasteiger partial charge >= 0.3 is 0 Å². The fraction of sp³-hybridized carbons (Fsp3) is 1.00. The van der Waals surface area contributed by atoms with Crippen LogP contribution in [-0.4, -0.2) is 6.04 Å². The Morgan fingerprint density at radius 1 is 1.20 bits per heavy atom. The van der Waals surface area contributed by atoms with Crippen LogP contribution in [0.3, 0.4) is 0 Å².